The van der Waals surface area contributed by atoms with Gasteiger partial charge < -0.3 is 5.11 Å². The SMILES string of the molecule is CCCCCCCCCC1(C(CCCC)C(=O)O)CCCC1. The first-order chi connectivity index (χ1) is 10.7. The summed E-state index contributed by atoms with van der Waals surface area (Å²) in [4.78, 5) is 11.8. The summed E-state index contributed by atoms with van der Waals surface area (Å²) in [5.41, 5.74) is 0.129. The van der Waals surface area contributed by atoms with Crippen molar-refractivity contribution < 1.29 is 9.90 Å². The van der Waals surface area contributed by atoms with Gasteiger partial charge in [0, 0.05) is 0 Å². The molecule has 1 unspecified atom stereocenters. The van der Waals surface area contributed by atoms with E-state index in [1.54, 1.807) is 0 Å². The number of rotatable bonds is 13. The second kappa shape index (κ2) is 11.1. The summed E-state index contributed by atoms with van der Waals surface area (Å²) in [6.07, 6.45) is 18.3. The molecule has 130 valence electrons. The van der Waals surface area contributed by atoms with Crippen LogP contribution >= 0.6 is 0 Å². The monoisotopic (exact) mass is 310 g/mol. The lowest BCUT2D eigenvalue weighted by molar-refractivity contribution is -0.147. The van der Waals surface area contributed by atoms with E-state index in [1.165, 1.54) is 57.8 Å². The minimum absolute atomic E-state index is 0.0879. The van der Waals surface area contributed by atoms with Crippen LogP contribution in [0, 0.1) is 11.3 Å². The molecule has 0 aromatic carbocycles. The van der Waals surface area contributed by atoms with Crippen LogP contribution in [0.1, 0.15) is 110 Å². The molecule has 0 amide bonds. The Morgan fingerprint density at radius 2 is 1.45 bits per heavy atom. The molecule has 1 atom stereocenters. The summed E-state index contributed by atoms with van der Waals surface area (Å²) in [7, 11) is 0. The molecule has 0 aliphatic heterocycles. The summed E-state index contributed by atoms with van der Waals surface area (Å²) in [6, 6.07) is 0. The van der Waals surface area contributed by atoms with Crippen molar-refractivity contribution in [3.8, 4) is 0 Å². The van der Waals surface area contributed by atoms with E-state index in [4.69, 9.17) is 0 Å². The van der Waals surface area contributed by atoms with Gasteiger partial charge in [-0.3, -0.25) is 4.79 Å². The largest absolute Gasteiger partial charge is 0.481 e. The van der Waals surface area contributed by atoms with Crippen LogP contribution in [0.2, 0.25) is 0 Å². The van der Waals surface area contributed by atoms with Crippen LogP contribution in [0.15, 0.2) is 0 Å². The van der Waals surface area contributed by atoms with Gasteiger partial charge in [0.2, 0.25) is 0 Å². The van der Waals surface area contributed by atoms with Gasteiger partial charge in [0.25, 0.3) is 0 Å². The van der Waals surface area contributed by atoms with Crippen molar-refractivity contribution >= 4 is 5.97 Å². The average molecular weight is 311 g/mol. The van der Waals surface area contributed by atoms with Gasteiger partial charge in [-0.2, -0.15) is 0 Å². The molecular weight excluding hydrogens is 272 g/mol. The fourth-order valence-electron chi connectivity index (χ4n) is 4.39. The van der Waals surface area contributed by atoms with Gasteiger partial charge in [0.1, 0.15) is 0 Å². The van der Waals surface area contributed by atoms with Crippen LogP contribution in [0.5, 0.6) is 0 Å². The Morgan fingerprint density at radius 1 is 0.909 bits per heavy atom. The summed E-state index contributed by atoms with van der Waals surface area (Å²) in [5.74, 6) is -0.617. The van der Waals surface area contributed by atoms with Gasteiger partial charge in [0.15, 0.2) is 0 Å². The van der Waals surface area contributed by atoms with Gasteiger partial charge in [0.05, 0.1) is 5.92 Å². The molecule has 2 nitrogen and oxygen atoms in total. The highest BCUT2D eigenvalue weighted by Crippen LogP contribution is 2.50. The number of unbranched alkanes of at least 4 members (excludes halogenated alkanes) is 7. The van der Waals surface area contributed by atoms with Gasteiger partial charge in [-0.1, -0.05) is 84.5 Å². The number of carboxylic acid groups (broad SMARTS) is 1. The molecule has 0 saturated heterocycles. The summed E-state index contributed by atoms with van der Waals surface area (Å²) < 4.78 is 0. The molecule has 2 heteroatoms. The van der Waals surface area contributed by atoms with E-state index in [2.05, 4.69) is 13.8 Å². The molecule has 1 aliphatic carbocycles. The van der Waals surface area contributed by atoms with E-state index >= 15 is 0 Å². The molecule has 1 rings (SSSR count). The van der Waals surface area contributed by atoms with E-state index in [9.17, 15) is 9.90 Å². The Kier molecular flexibility index (Phi) is 9.82. The van der Waals surface area contributed by atoms with E-state index < -0.39 is 5.97 Å². The molecule has 0 aromatic rings. The lowest BCUT2D eigenvalue weighted by atomic mass is 9.68. The van der Waals surface area contributed by atoms with Crippen molar-refractivity contribution in [1.29, 1.82) is 0 Å². The van der Waals surface area contributed by atoms with Gasteiger partial charge in [-0.25, -0.2) is 0 Å². The Labute approximate surface area is 138 Å². The van der Waals surface area contributed by atoms with Gasteiger partial charge in [-0.05, 0) is 31.1 Å². The summed E-state index contributed by atoms with van der Waals surface area (Å²) >= 11 is 0. The maximum Gasteiger partial charge on any atom is 0.307 e. The molecule has 0 bridgehead atoms. The van der Waals surface area contributed by atoms with Gasteiger partial charge in [-0.15, -0.1) is 0 Å². The predicted molar refractivity (Wildman–Crippen MR) is 94.2 cm³/mol. The van der Waals surface area contributed by atoms with Crippen LogP contribution in [-0.2, 0) is 4.79 Å². The topological polar surface area (TPSA) is 37.3 Å². The zero-order chi connectivity index (χ0) is 16.3. The highest BCUT2D eigenvalue weighted by atomic mass is 16.4. The van der Waals surface area contributed by atoms with Crippen LogP contribution in [0.3, 0.4) is 0 Å². The Morgan fingerprint density at radius 3 is 2.00 bits per heavy atom. The fourth-order valence-corrected chi connectivity index (χ4v) is 4.39. The lowest BCUT2D eigenvalue weighted by Crippen LogP contribution is -2.34. The van der Waals surface area contributed by atoms with Crippen LogP contribution in [0.25, 0.3) is 0 Å². The molecule has 0 heterocycles. The standard InChI is InChI=1S/C20H38O2/c1-3-5-7-8-9-10-11-15-20(16-12-13-17-20)18(19(21)22)14-6-4-2/h18H,3-17H2,1-2H3,(H,21,22). The van der Waals surface area contributed by atoms with E-state index in [0.29, 0.717) is 0 Å². The molecule has 1 aliphatic rings. The summed E-state index contributed by atoms with van der Waals surface area (Å²) in [5, 5.41) is 9.73. The summed E-state index contributed by atoms with van der Waals surface area (Å²) in [6.45, 7) is 4.42. The second-order valence-corrected chi connectivity index (χ2v) is 7.47. The zero-order valence-corrected chi connectivity index (χ0v) is 15.0. The van der Waals surface area contributed by atoms with Crippen molar-refractivity contribution in [2.45, 2.75) is 110 Å². The number of hydrogen-bond donors (Lipinski definition) is 1. The molecule has 1 N–H and O–H groups in total. The molecular formula is C20H38O2. The quantitative estimate of drug-likeness (QED) is 0.390. The maximum atomic E-state index is 11.8. The zero-order valence-electron chi connectivity index (χ0n) is 15.0. The minimum Gasteiger partial charge on any atom is -0.481 e. The lowest BCUT2D eigenvalue weighted by Gasteiger charge is -2.35. The van der Waals surface area contributed by atoms with Crippen LogP contribution in [0.4, 0.5) is 0 Å². The Hall–Kier alpha value is -0.530. The van der Waals surface area contributed by atoms with E-state index in [1.807, 2.05) is 0 Å². The third-order valence-electron chi connectivity index (χ3n) is 5.76. The third-order valence-corrected chi connectivity index (χ3v) is 5.76. The molecule has 1 fully saturated rings. The van der Waals surface area contributed by atoms with E-state index in [0.717, 1.165) is 38.5 Å². The number of carboxylic acids is 1. The fraction of sp³-hybridized carbons (Fsp3) is 0.950. The molecule has 1 saturated carbocycles. The average Bonchev–Trinajstić information content (AvgIpc) is 2.96. The smallest absolute Gasteiger partial charge is 0.307 e. The highest BCUT2D eigenvalue weighted by molar-refractivity contribution is 5.71. The first kappa shape index (κ1) is 19.5. The Balaban J connectivity index is 2.42. The highest BCUT2D eigenvalue weighted by Gasteiger charge is 2.43. The maximum absolute atomic E-state index is 11.8. The normalized spacial score (nSPS) is 18.5. The van der Waals surface area contributed by atoms with Crippen molar-refractivity contribution in [3.63, 3.8) is 0 Å². The predicted octanol–water partition coefficient (Wildman–Crippen LogP) is 6.58. The number of aliphatic carboxylic acids is 1. The first-order valence-electron chi connectivity index (χ1n) is 9.89. The number of hydrogen-bond acceptors (Lipinski definition) is 1. The van der Waals surface area contributed by atoms with Crippen molar-refractivity contribution in [1.82, 2.24) is 0 Å². The van der Waals surface area contributed by atoms with Crippen molar-refractivity contribution in [2.24, 2.45) is 11.3 Å². The third kappa shape index (κ3) is 6.30. The van der Waals surface area contributed by atoms with Crippen LogP contribution < -0.4 is 0 Å². The first-order valence-corrected chi connectivity index (χ1v) is 9.89. The van der Waals surface area contributed by atoms with Crippen molar-refractivity contribution in [2.75, 3.05) is 0 Å². The minimum atomic E-state index is -0.529. The second-order valence-electron chi connectivity index (χ2n) is 7.47. The number of carbonyl (C=O) groups is 1. The Bertz CT molecular complexity index is 292. The van der Waals surface area contributed by atoms with Crippen molar-refractivity contribution in [3.05, 3.63) is 0 Å². The molecule has 0 radical (unpaired) electrons. The molecule has 22 heavy (non-hydrogen) atoms. The van der Waals surface area contributed by atoms with E-state index in [-0.39, 0.29) is 11.3 Å². The molecule has 0 spiro atoms. The molecule has 0 aromatic heterocycles. The van der Waals surface area contributed by atoms with Gasteiger partial charge >= 0.3 is 5.97 Å². The van der Waals surface area contributed by atoms with Crippen LogP contribution in [-0.4, -0.2) is 11.1 Å².